The summed E-state index contributed by atoms with van der Waals surface area (Å²) in [5.74, 6) is 7.93. The van der Waals surface area contributed by atoms with Crippen molar-refractivity contribution in [3.63, 3.8) is 0 Å². The van der Waals surface area contributed by atoms with E-state index >= 15 is 0 Å². The highest BCUT2D eigenvalue weighted by Crippen LogP contribution is 2.21. The van der Waals surface area contributed by atoms with Crippen LogP contribution in [0.4, 0.5) is 11.6 Å². The van der Waals surface area contributed by atoms with Crippen molar-refractivity contribution in [2.75, 3.05) is 29.3 Å². The maximum Gasteiger partial charge on any atom is 0.145 e. The largest absolute Gasteiger partial charge is 0.369 e. The molecule has 4 N–H and O–H groups in total. The molecule has 0 spiro atoms. The molecule has 1 unspecified atom stereocenters. The zero-order chi connectivity index (χ0) is 13.8. The van der Waals surface area contributed by atoms with Crippen LogP contribution in [-0.4, -0.2) is 32.7 Å². The van der Waals surface area contributed by atoms with Crippen molar-refractivity contribution in [3.8, 4) is 0 Å². The molecule has 0 saturated carbocycles. The average molecular weight is 271 g/mol. The molecule has 1 rings (SSSR count). The van der Waals surface area contributed by atoms with E-state index in [2.05, 4.69) is 20.7 Å². The lowest BCUT2D eigenvalue weighted by molar-refractivity contribution is 0.546. The van der Waals surface area contributed by atoms with Gasteiger partial charge >= 0.3 is 0 Å². The van der Waals surface area contributed by atoms with Crippen molar-refractivity contribution in [1.82, 2.24) is 9.97 Å². The van der Waals surface area contributed by atoms with Gasteiger partial charge in [0, 0.05) is 40.8 Å². The molecule has 0 aliphatic rings. The van der Waals surface area contributed by atoms with Crippen LogP contribution in [0, 0.1) is 0 Å². The normalized spacial score (nSPS) is 13.2. The van der Waals surface area contributed by atoms with Crippen LogP contribution in [0.5, 0.6) is 0 Å². The number of rotatable bonds is 5. The van der Waals surface area contributed by atoms with Gasteiger partial charge in [0.15, 0.2) is 0 Å². The Hall–Kier alpha value is -1.21. The monoisotopic (exact) mass is 271 g/mol. The summed E-state index contributed by atoms with van der Waals surface area (Å²) in [5.41, 5.74) is 2.37. The summed E-state index contributed by atoms with van der Waals surface area (Å²) in [5, 5.41) is 3.12. The minimum Gasteiger partial charge on any atom is -0.369 e. The van der Waals surface area contributed by atoms with E-state index in [4.69, 9.17) is 5.84 Å². The molecule has 1 heterocycles. The number of hydrogen-bond donors (Lipinski definition) is 3. The minimum absolute atomic E-state index is 0.156. The maximum absolute atomic E-state index is 11.0. The van der Waals surface area contributed by atoms with Crippen LogP contribution in [0.3, 0.4) is 0 Å². The first-order valence-electron chi connectivity index (χ1n) is 5.73. The van der Waals surface area contributed by atoms with Crippen molar-refractivity contribution in [2.45, 2.75) is 26.2 Å². The summed E-state index contributed by atoms with van der Waals surface area (Å²) in [6, 6.07) is 1.73. The third-order valence-corrected chi connectivity index (χ3v) is 3.02. The van der Waals surface area contributed by atoms with Crippen molar-refractivity contribution in [2.24, 2.45) is 5.84 Å². The number of hydrazine groups is 1. The highest BCUT2D eigenvalue weighted by molar-refractivity contribution is 7.84. The molecule has 0 bridgehead atoms. The van der Waals surface area contributed by atoms with Gasteiger partial charge in [0.1, 0.15) is 17.5 Å². The molecule has 1 aromatic heterocycles. The first kappa shape index (κ1) is 14.8. The number of nitrogens with one attached hydrogen (secondary N) is 2. The number of hydrogen-bond acceptors (Lipinski definition) is 6. The summed E-state index contributed by atoms with van der Waals surface area (Å²) in [7, 11) is -0.815. The molecule has 0 aromatic carbocycles. The summed E-state index contributed by atoms with van der Waals surface area (Å²) >= 11 is 0. The van der Waals surface area contributed by atoms with Crippen LogP contribution in [0.2, 0.25) is 0 Å². The Morgan fingerprint density at radius 2 is 1.94 bits per heavy atom. The summed E-state index contributed by atoms with van der Waals surface area (Å²) in [6.45, 7) is 6.71. The van der Waals surface area contributed by atoms with Gasteiger partial charge in [0.25, 0.3) is 0 Å². The quantitative estimate of drug-likeness (QED) is 0.543. The fraction of sp³-hybridized carbons (Fsp3) is 0.636. The van der Waals surface area contributed by atoms with Gasteiger partial charge in [0.2, 0.25) is 0 Å². The molecule has 0 aliphatic carbocycles. The lowest BCUT2D eigenvalue weighted by Gasteiger charge is -2.18. The van der Waals surface area contributed by atoms with E-state index in [1.165, 1.54) is 0 Å². The molecule has 6 nitrogen and oxygen atoms in total. The number of nitrogen functional groups attached to an aromatic ring is 1. The maximum atomic E-state index is 11.0. The molecule has 0 saturated heterocycles. The van der Waals surface area contributed by atoms with Gasteiger partial charge in [-0.2, -0.15) is 0 Å². The van der Waals surface area contributed by atoms with Crippen LogP contribution in [0.15, 0.2) is 6.07 Å². The highest BCUT2D eigenvalue weighted by Gasteiger charge is 2.18. The van der Waals surface area contributed by atoms with Crippen molar-refractivity contribution < 1.29 is 4.21 Å². The second-order valence-corrected chi connectivity index (χ2v) is 6.62. The van der Waals surface area contributed by atoms with Gasteiger partial charge in [-0.15, -0.1) is 0 Å². The highest BCUT2D eigenvalue weighted by atomic mass is 32.2. The molecule has 102 valence electrons. The number of aromatic nitrogens is 2. The molecular formula is C11H21N5OS. The lowest BCUT2D eigenvalue weighted by atomic mass is 9.96. The van der Waals surface area contributed by atoms with Crippen molar-refractivity contribution >= 4 is 22.4 Å². The smallest absolute Gasteiger partial charge is 0.145 e. The molecular weight excluding hydrogens is 250 g/mol. The van der Waals surface area contributed by atoms with Crippen LogP contribution in [0.25, 0.3) is 0 Å². The van der Waals surface area contributed by atoms with Gasteiger partial charge in [-0.25, -0.2) is 15.8 Å². The predicted molar refractivity (Wildman–Crippen MR) is 76.0 cm³/mol. The van der Waals surface area contributed by atoms with E-state index in [0.717, 1.165) is 0 Å². The zero-order valence-corrected chi connectivity index (χ0v) is 12.1. The topological polar surface area (TPSA) is 92.9 Å². The predicted octanol–water partition coefficient (Wildman–Crippen LogP) is 0.850. The van der Waals surface area contributed by atoms with E-state index in [1.54, 1.807) is 12.3 Å². The van der Waals surface area contributed by atoms with Crippen molar-refractivity contribution in [1.29, 1.82) is 0 Å². The average Bonchev–Trinajstić information content (AvgIpc) is 2.27. The first-order valence-corrected chi connectivity index (χ1v) is 7.45. The van der Waals surface area contributed by atoms with Crippen LogP contribution in [0.1, 0.15) is 26.6 Å². The third-order valence-electron chi connectivity index (χ3n) is 2.24. The van der Waals surface area contributed by atoms with Gasteiger partial charge in [-0.05, 0) is 0 Å². The van der Waals surface area contributed by atoms with Crippen LogP contribution < -0.4 is 16.6 Å². The third kappa shape index (κ3) is 4.58. The molecule has 0 fully saturated rings. The molecule has 1 atom stereocenters. The van der Waals surface area contributed by atoms with Crippen LogP contribution >= 0.6 is 0 Å². The number of nitrogens with two attached hydrogens (primary N) is 1. The Kier molecular flexibility index (Phi) is 5.03. The van der Waals surface area contributed by atoms with Gasteiger partial charge in [0.05, 0.1) is 0 Å². The fourth-order valence-corrected chi connectivity index (χ4v) is 1.66. The molecule has 1 aromatic rings. The SMILES string of the molecule is CS(=O)CCNc1cc(NN)nc(C(C)(C)C)n1. The number of anilines is 2. The van der Waals surface area contributed by atoms with E-state index in [0.29, 0.717) is 29.8 Å². The second kappa shape index (κ2) is 6.10. The minimum atomic E-state index is -0.815. The molecule has 18 heavy (non-hydrogen) atoms. The Bertz CT molecular complexity index is 430. The lowest BCUT2D eigenvalue weighted by Crippen LogP contribution is -2.20. The standard InChI is InChI=1S/C11H21N5OS/c1-11(2,3)10-14-8(7-9(15-10)16-12)13-5-6-18(4)17/h7H,5-6,12H2,1-4H3,(H2,13,14,15,16). The van der Waals surface area contributed by atoms with Crippen molar-refractivity contribution in [3.05, 3.63) is 11.9 Å². The summed E-state index contributed by atoms with van der Waals surface area (Å²) in [6.07, 6.45) is 1.68. The van der Waals surface area contributed by atoms with Crippen LogP contribution in [-0.2, 0) is 16.2 Å². The Balaban J connectivity index is 2.87. The van der Waals surface area contributed by atoms with E-state index in [9.17, 15) is 4.21 Å². The zero-order valence-electron chi connectivity index (χ0n) is 11.3. The Labute approximate surface area is 110 Å². The van der Waals surface area contributed by atoms with E-state index < -0.39 is 10.8 Å². The molecule has 0 amide bonds. The summed E-state index contributed by atoms with van der Waals surface area (Å²) in [4.78, 5) is 8.75. The first-order chi connectivity index (χ1) is 8.32. The Morgan fingerprint density at radius 3 is 2.44 bits per heavy atom. The molecule has 0 aliphatic heterocycles. The molecule has 7 heteroatoms. The Morgan fingerprint density at radius 1 is 1.33 bits per heavy atom. The van der Waals surface area contributed by atoms with E-state index in [1.807, 2.05) is 20.8 Å². The van der Waals surface area contributed by atoms with Gasteiger partial charge < -0.3 is 10.7 Å². The summed E-state index contributed by atoms with van der Waals surface area (Å²) < 4.78 is 11.0. The number of nitrogens with zero attached hydrogens (tertiary/aromatic N) is 2. The fourth-order valence-electron chi connectivity index (χ4n) is 1.27. The molecule has 0 radical (unpaired) electrons. The second-order valence-electron chi connectivity index (χ2n) is 5.06. The van der Waals surface area contributed by atoms with Gasteiger partial charge in [-0.3, -0.25) is 4.21 Å². The van der Waals surface area contributed by atoms with Gasteiger partial charge in [-0.1, -0.05) is 20.8 Å². The van der Waals surface area contributed by atoms with E-state index in [-0.39, 0.29) is 5.41 Å².